The first-order chi connectivity index (χ1) is 7.60. The van der Waals surface area contributed by atoms with E-state index in [9.17, 15) is 4.79 Å². The SMILES string of the molecule is CCC1=NN(c2cc(C)cc(C)c2)C(=O)C1. The number of nitrogens with zero attached hydrogens (tertiary/aromatic N) is 2. The van der Waals surface area contributed by atoms with Crippen molar-refractivity contribution in [3.63, 3.8) is 0 Å². The minimum absolute atomic E-state index is 0.0712. The predicted molar refractivity (Wildman–Crippen MR) is 65.7 cm³/mol. The van der Waals surface area contributed by atoms with Crippen LogP contribution in [0.1, 0.15) is 30.9 Å². The van der Waals surface area contributed by atoms with Gasteiger partial charge in [-0.3, -0.25) is 4.79 Å². The number of carbonyl (C=O) groups is 1. The van der Waals surface area contributed by atoms with Gasteiger partial charge in [-0.2, -0.15) is 5.10 Å². The van der Waals surface area contributed by atoms with Crippen LogP contribution < -0.4 is 5.01 Å². The lowest BCUT2D eigenvalue weighted by Gasteiger charge is -2.13. The normalized spacial score (nSPS) is 15.6. The number of aryl methyl sites for hydroxylation is 2. The molecule has 0 atom stereocenters. The average Bonchev–Trinajstić information content (AvgIpc) is 2.58. The summed E-state index contributed by atoms with van der Waals surface area (Å²) in [6.07, 6.45) is 1.30. The Morgan fingerprint density at radius 1 is 1.25 bits per heavy atom. The summed E-state index contributed by atoms with van der Waals surface area (Å²) in [6.45, 7) is 6.08. The molecule has 3 heteroatoms. The molecule has 0 saturated heterocycles. The summed E-state index contributed by atoms with van der Waals surface area (Å²) >= 11 is 0. The largest absolute Gasteiger partial charge is 0.272 e. The molecule has 0 aliphatic carbocycles. The number of carbonyl (C=O) groups excluding carboxylic acids is 1. The van der Waals surface area contributed by atoms with Gasteiger partial charge in [-0.1, -0.05) is 13.0 Å². The van der Waals surface area contributed by atoms with E-state index in [1.165, 1.54) is 5.01 Å². The maximum atomic E-state index is 11.8. The van der Waals surface area contributed by atoms with Crippen molar-refractivity contribution >= 4 is 17.3 Å². The minimum Gasteiger partial charge on any atom is -0.272 e. The van der Waals surface area contributed by atoms with Gasteiger partial charge in [0.25, 0.3) is 5.91 Å². The van der Waals surface area contributed by atoms with Crippen LogP contribution in [-0.4, -0.2) is 11.6 Å². The molecule has 1 amide bonds. The van der Waals surface area contributed by atoms with E-state index < -0.39 is 0 Å². The van der Waals surface area contributed by atoms with E-state index >= 15 is 0 Å². The van der Waals surface area contributed by atoms with Crippen LogP contribution in [0.5, 0.6) is 0 Å². The summed E-state index contributed by atoms with van der Waals surface area (Å²) in [4.78, 5) is 11.8. The van der Waals surface area contributed by atoms with Crippen molar-refractivity contribution in [3.05, 3.63) is 29.3 Å². The second-order valence-electron chi connectivity index (χ2n) is 4.25. The number of rotatable bonds is 2. The molecule has 0 N–H and O–H groups in total. The van der Waals surface area contributed by atoms with Crippen molar-refractivity contribution in [2.24, 2.45) is 5.10 Å². The quantitative estimate of drug-likeness (QED) is 0.748. The summed E-state index contributed by atoms with van der Waals surface area (Å²) in [6, 6.07) is 6.08. The number of hydrazone groups is 1. The zero-order valence-corrected chi connectivity index (χ0v) is 9.95. The first-order valence-electron chi connectivity index (χ1n) is 5.57. The minimum atomic E-state index is 0.0712. The van der Waals surface area contributed by atoms with Crippen LogP contribution in [0.4, 0.5) is 5.69 Å². The maximum Gasteiger partial charge on any atom is 0.253 e. The Labute approximate surface area is 95.8 Å². The Morgan fingerprint density at radius 2 is 1.88 bits per heavy atom. The molecule has 0 spiro atoms. The molecule has 3 nitrogen and oxygen atoms in total. The number of hydrogen-bond acceptors (Lipinski definition) is 2. The lowest BCUT2D eigenvalue weighted by molar-refractivity contribution is -0.116. The number of benzene rings is 1. The molecule has 2 rings (SSSR count). The van der Waals surface area contributed by atoms with E-state index in [-0.39, 0.29) is 5.91 Å². The fourth-order valence-corrected chi connectivity index (χ4v) is 1.95. The van der Waals surface area contributed by atoms with E-state index in [4.69, 9.17) is 0 Å². The number of anilines is 1. The Balaban J connectivity index is 2.37. The maximum absolute atomic E-state index is 11.8. The Hall–Kier alpha value is -1.64. The van der Waals surface area contributed by atoms with Crippen LogP contribution in [0.2, 0.25) is 0 Å². The fraction of sp³-hybridized carbons (Fsp3) is 0.385. The molecule has 0 bridgehead atoms. The first-order valence-corrected chi connectivity index (χ1v) is 5.57. The van der Waals surface area contributed by atoms with Crippen LogP contribution in [0, 0.1) is 13.8 Å². The lowest BCUT2D eigenvalue weighted by Crippen LogP contribution is -2.19. The van der Waals surface area contributed by atoms with Gasteiger partial charge in [0.05, 0.1) is 12.1 Å². The third-order valence-corrected chi connectivity index (χ3v) is 2.69. The summed E-state index contributed by atoms with van der Waals surface area (Å²) in [5.74, 6) is 0.0712. The molecular weight excluding hydrogens is 200 g/mol. The van der Waals surface area contributed by atoms with E-state index in [2.05, 4.69) is 11.2 Å². The van der Waals surface area contributed by atoms with Gasteiger partial charge in [0.1, 0.15) is 0 Å². The zero-order valence-electron chi connectivity index (χ0n) is 9.95. The molecule has 84 valence electrons. The Kier molecular flexibility index (Phi) is 2.77. The van der Waals surface area contributed by atoms with Crippen molar-refractivity contribution in [2.75, 3.05) is 5.01 Å². The third-order valence-electron chi connectivity index (χ3n) is 2.69. The Bertz CT molecular complexity index is 443. The van der Waals surface area contributed by atoms with Crippen LogP contribution >= 0.6 is 0 Å². The molecule has 0 radical (unpaired) electrons. The van der Waals surface area contributed by atoms with Crippen molar-refractivity contribution in [3.8, 4) is 0 Å². The highest BCUT2D eigenvalue weighted by atomic mass is 16.2. The van der Waals surface area contributed by atoms with Crippen molar-refractivity contribution in [2.45, 2.75) is 33.6 Å². The highest BCUT2D eigenvalue weighted by molar-refractivity contribution is 6.12. The van der Waals surface area contributed by atoms with Gasteiger partial charge in [-0.25, -0.2) is 5.01 Å². The van der Waals surface area contributed by atoms with Crippen LogP contribution in [0.25, 0.3) is 0 Å². The molecule has 1 heterocycles. The molecule has 1 aromatic carbocycles. The molecule has 16 heavy (non-hydrogen) atoms. The van der Waals surface area contributed by atoms with Crippen LogP contribution in [-0.2, 0) is 4.79 Å². The van der Waals surface area contributed by atoms with Gasteiger partial charge in [-0.05, 0) is 43.5 Å². The van der Waals surface area contributed by atoms with Gasteiger partial charge in [0, 0.05) is 5.71 Å². The van der Waals surface area contributed by atoms with Crippen molar-refractivity contribution < 1.29 is 4.79 Å². The van der Waals surface area contributed by atoms with E-state index in [1.54, 1.807) is 0 Å². The number of amides is 1. The predicted octanol–water partition coefficient (Wildman–Crippen LogP) is 2.81. The molecule has 1 aliphatic rings. The van der Waals surface area contributed by atoms with E-state index in [0.29, 0.717) is 6.42 Å². The molecular formula is C13H16N2O. The Morgan fingerprint density at radius 3 is 2.38 bits per heavy atom. The summed E-state index contributed by atoms with van der Waals surface area (Å²) < 4.78 is 0. The van der Waals surface area contributed by atoms with Gasteiger partial charge >= 0.3 is 0 Å². The monoisotopic (exact) mass is 216 g/mol. The van der Waals surface area contributed by atoms with Gasteiger partial charge in [0.15, 0.2) is 0 Å². The molecule has 0 fully saturated rings. The highest BCUT2D eigenvalue weighted by Gasteiger charge is 2.24. The molecule has 0 saturated carbocycles. The summed E-state index contributed by atoms with van der Waals surface area (Å²) in [7, 11) is 0. The van der Waals surface area contributed by atoms with E-state index in [1.807, 2.05) is 32.9 Å². The topological polar surface area (TPSA) is 32.7 Å². The molecule has 0 unspecified atom stereocenters. The summed E-state index contributed by atoms with van der Waals surface area (Å²) in [5, 5.41) is 5.87. The third kappa shape index (κ3) is 1.98. The lowest BCUT2D eigenvalue weighted by atomic mass is 10.1. The smallest absolute Gasteiger partial charge is 0.253 e. The molecule has 1 aromatic rings. The van der Waals surface area contributed by atoms with Gasteiger partial charge in [0.2, 0.25) is 0 Å². The van der Waals surface area contributed by atoms with Gasteiger partial charge < -0.3 is 0 Å². The van der Waals surface area contributed by atoms with Crippen molar-refractivity contribution in [1.29, 1.82) is 0 Å². The number of hydrogen-bond donors (Lipinski definition) is 0. The second-order valence-corrected chi connectivity index (χ2v) is 4.25. The fourth-order valence-electron chi connectivity index (χ4n) is 1.95. The average molecular weight is 216 g/mol. The molecule has 1 aliphatic heterocycles. The summed E-state index contributed by atoms with van der Waals surface area (Å²) in [5.41, 5.74) is 4.15. The standard InChI is InChI=1S/C13H16N2O/c1-4-11-8-13(16)15(14-11)12-6-9(2)5-10(3)7-12/h5-7H,4,8H2,1-3H3. The molecule has 0 aromatic heterocycles. The van der Waals surface area contributed by atoms with Crippen LogP contribution in [0.15, 0.2) is 23.3 Å². The van der Waals surface area contributed by atoms with Gasteiger partial charge in [-0.15, -0.1) is 0 Å². The highest BCUT2D eigenvalue weighted by Crippen LogP contribution is 2.23. The second kappa shape index (κ2) is 4.08. The zero-order chi connectivity index (χ0) is 11.7. The van der Waals surface area contributed by atoms with Crippen molar-refractivity contribution in [1.82, 2.24) is 0 Å². The van der Waals surface area contributed by atoms with Crippen LogP contribution in [0.3, 0.4) is 0 Å². The van der Waals surface area contributed by atoms with E-state index in [0.717, 1.165) is 28.9 Å². The first kappa shape index (κ1) is 10.9.